The third-order valence-electron chi connectivity index (χ3n) is 5.80. The smallest absolute Gasteiger partial charge is 0.266 e. The number of rotatable bonds is 10. The standard InChI is InChI=1S/C30H28N4O4S/c1-4-28(35)32-21-9-6-8-20(15-21)23-16-25(22-12-11-19(3)14-26(22)38-18-37-5-2)33-29(24(23)17-31)34-30(36)27-10-7-13-39-27/h6-16H,4-5,18H2,1-3H3,(H,32,35)(H,33,34,36). The van der Waals surface area contributed by atoms with Crippen LogP contribution >= 0.6 is 11.3 Å². The van der Waals surface area contributed by atoms with Crippen molar-refractivity contribution in [3.05, 3.63) is 82.0 Å². The number of amides is 2. The van der Waals surface area contributed by atoms with Gasteiger partial charge in [0.15, 0.2) is 12.6 Å². The Morgan fingerprint density at radius 2 is 1.87 bits per heavy atom. The predicted molar refractivity (Wildman–Crippen MR) is 153 cm³/mol. The monoisotopic (exact) mass is 540 g/mol. The lowest BCUT2D eigenvalue weighted by atomic mass is 9.97. The van der Waals surface area contributed by atoms with Crippen LogP contribution in [0, 0.1) is 18.3 Å². The topological polar surface area (TPSA) is 113 Å². The number of ether oxygens (including phenoxy) is 2. The van der Waals surface area contributed by atoms with E-state index in [2.05, 4.69) is 16.7 Å². The number of thiophene rings is 1. The number of nitrogens with one attached hydrogen (secondary N) is 2. The molecule has 8 nitrogen and oxygen atoms in total. The van der Waals surface area contributed by atoms with Crippen molar-refractivity contribution < 1.29 is 19.1 Å². The molecule has 4 aromatic rings. The minimum absolute atomic E-state index is 0.0667. The molecule has 0 fully saturated rings. The van der Waals surface area contributed by atoms with Gasteiger partial charge in [-0.3, -0.25) is 9.59 Å². The van der Waals surface area contributed by atoms with E-state index < -0.39 is 0 Å². The molecule has 0 unspecified atom stereocenters. The highest BCUT2D eigenvalue weighted by molar-refractivity contribution is 7.12. The van der Waals surface area contributed by atoms with Crippen LogP contribution in [0.15, 0.2) is 66.0 Å². The first kappa shape index (κ1) is 27.5. The summed E-state index contributed by atoms with van der Waals surface area (Å²) < 4.78 is 11.3. The van der Waals surface area contributed by atoms with Crippen molar-refractivity contribution in [3.63, 3.8) is 0 Å². The Bertz CT molecular complexity index is 1530. The van der Waals surface area contributed by atoms with Crippen molar-refractivity contribution in [2.75, 3.05) is 24.0 Å². The van der Waals surface area contributed by atoms with Gasteiger partial charge in [0, 0.05) is 29.8 Å². The van der Waals surface area contributed by atoms with Crippen LogP contribution in [0.25, 0.3) is 22.4 Å². The van der Waals surface area contributed by atoms with E-state index in [9.17, 15) is 14.9 Å². The van der Waals surface area contributed by atoms with Gasteiger partial charge in [-0.15, -0.1) is 11.3 Å². The molecule has 0 bridgehead atoms. The zero-order valence-electron chi connectivity index (χ0n) is 21.9. The van der Waals surface area contributed by atoms with Gasteiger partial charge in [0.25, 0.3) is 5.91 Å². The quantitative estimate of drug-likeness (QED) is 0.172. The number of benzene rings is 2. The van der Waals surface area contributed by atoms with E-state index in [-0.39, 0.29) is 30.0 Å². The fourth-order valence-electron chi connectivity index (χ4n) is 3.85. The highest BCUT2D eigenvalue weighted by atomic mass is 32.1. The normalized spacial score (nSPS) is 10.5. The van der Waals surface area contributed by atoms with Crippen molar-refractivity contribution >= 4 is 34.7 Å². The number of nitriles is 1. The fourth-order valence-corrected chi connectivity index (χ4v) is 4.47. The third kappa shape index (κ3) is 6.68. The van der Waals surface area contributed by atoms with Gasteiger partial charge in [0.05, 0.1) is 10.6 Å². The summed E-state index contributed by atoms with van der Waals surface area (Å²) in [7, 11) is 0. The van der Waals surface area contributed by atoms with E-state index in [1.807, 2.05) is 38.1 Å². The molecule has 0 radical (unpaired) electrons. The molecule has 2 aromatic heterocycles. The average Bonchev–Trinajstić information content (AvgIpc) is 3.48. The second-order valence-corrected chi connectivity index (χ2v) is 9.51. The van der Waals surface area contributed by atoms with Crippen LogP contribution in [0.1, 0.15) is 41.1 Å². The van der Waals surface area contributed by atoms with Crippen LogP contribution in [0.5, 0.6) is 5.75 Å². The maximum atomic E-state index is 13.0. The number of nitrogens with zero attached hydrogens (tertiary/aromatic N) is 2. The number of anilines is 2. The third-order valence-corrected chi connectivity index (χ3v) is 6.67. The summed E-state index contributed by atoms with van der Waals surface area (Å²) in [5, 5.41) is 17.7. The van der Waals surface area contributed by atoms with E-state index in [1.54, 1.807) is 48.7 Å². The van der Waals surface area contributed by atoms with Crippen molar-refractivity contribution in [2.24, 2.45) is 0 Å². The second-order valence-electron chi connectivity index (χ2n) is 8.56. The molecule has 0 aliphatic carbocycles. The SMILES string of the molecule is CCOCOc1cc(C)ccc1-c1cc(-c2cccc(NC(=O)CC)c2)c(C#N)c(NC(=O)c2cccs2)n1. The summed E-state index contributed by atoms with van der Waals surface area (Å²) in [4.78, 5) is 30.2. The Balaban J connectivity index is 1.88. The van der Waals surface area contributed by atoms with Gasteiger partial charge in [0.2, 0.25) is 5.91 Å². The number of hydrogen-bond acceptors (Lipinski definition) is 7. The Morgan fingerprint density at radius 1 is 1.03 bits per heavy atom. The first-order valence-electron chi connectivity index (χ1n) is 12.4. The number of pyridine rings is 1. The van der Waals surface area contributed by atoms with E-state index in [0.717, 1.165) is 5.56 Å². The van der Waals surface area contributed by atoms with Gasteiger partial charge in [-0.2, -0.15) is 5.26 Å². The molecule has 9 heteroatoms. The van der Waals surface area contributed by atoms with Gasteiger partial charge in [-0.25, -0.2) is 4.98 Å². The molecule has 0 atom stereocenters. The minimum atomic E-state index is -0.363. The Kier molecular flexibility index (Phi) is 9.05. The van der Waals surface area contributed by atoms with Crippen molar-refractivity contribution in [1.29, 1.82) is 5.26 Å². The lowest BCUT2D eigenvalue weighted by molar-refractivity contribution is -0.115. The summed E-state index contributed by atoms with van der Waals surface area (Å²) >= 11 is 1.29. The summed E-state index contributed by atoms with van der Waals surface area (Å²) in [5.41, 5.74) is 4.19. The number of aromatic nitrogens is 1. The predicted octanol–water partition coefficient (Wildman–Crippen LogP) is 6.63. The maximum absolute atomic E-state index is 13.0. The Labute approximate surface area is 231 Å². The summed E-state index contributed by atoms with van der Waals surface area (Å²) in [6.45, 7) is 6.19. The van der Waals surface area contributed by atoms with E-state index in [0.29, 0.717) is 51.7 Å². The minimum Gasteiger partial charge on any atom is -0.467 e. The van der Waals surface area contributed by atoms with Gasteiger partial charge >= 0.3 is 0 Å². The van der Waals surface area contributed by atoms with Crippen LogP contribution in [-0.2, 0) is 9.53 Å². The van der Waals surface area contributed by atoms with Gasteiger partial charge in [-0.1, -0.05) is 31.2 Å². The van der Waals surface area contributed by atoms with Gasteiger partial charge in [-0.05, 0) is 66.8 Å². The molecule has 0 saturated heterocycles. The first-order valence-corrected chi connectivity index (χ1v) is 13.3. The molecular formula is C30H28N4O4S. The largest absolute Gasteiger partial charge is 0.467 e. The zero-order chi connectivity index (χ0) is 27.8. The molecule has 2 heterocycles. The molecule has 198 valence electrons. The van der Waals surface area contributed by atoms with Crippen molar-refractivity contribution in [3.8, 4) is 34.2 Å². The lowest BCUT2D eigenvalue weighted by Crippen LogP contribution is -2.14. The van der Waals surface area contributed by atoms with Gasteiger partial charge in [0.1, 0.15) is 17.4 Å². The number of hydrogen-bond donors (Lipinski definition) is 2. The summed E-state index contributed by atoms with van der Waals surface area (Å²) in [5.74, 6) is 0.203. The van der Waals surface area contributed by atoms with Crippen molar-refractivity contribution in [1.82, 2.24) is 4.98 Å². The number of aryl methyl sites for hydroxylation is 1. The number of carbonyl (C=O) groups is 2. The fraction of sp³-hybridized carbons (Fsp3) is 0.200. The zero-order valence-corrected chi connectivity index (χ0v) is 22.7. The lowest BCUT2D eigenvalue weighted by Gasteiger charge is -2.16. The first-order chi connectivity index (χ1) is 18.9. The summed E-state index contributed by atoms with van der Waals surface area (Å²) in [6, 6.07) is 20.4. The molecule has 0 aliphatic rings. The Hall–Kier alpha value is -4.52. The van der Waals surface area contributed by atoms with E-state index >= 15 is 0 Å². The molecule has 2 aromatic carbocycles. The van der Waals surface area contributed by atoms with Gasteiger partial charge < -0.3 is 20.1 Å². The molecule has 2 N–H and O–H groups in total. The van der Waals surface area contributed by atoms with Crippen LogP contribution in [-0.4, -0.2) is 30.2 Å². The molecule has 0 aliphatic heterocycles. The van der Waals surface area contributed by atoms with Crippen LogP contribution in [0.2, 0.25) is 0 Å². The molecule has 0 spiro atoms. The van der Waals surface area contributed by atoms with Crippen LogP contribution in [0.4, 0.5) is 11.5 Å². The highest BCUT2D eigenvalue weighted by Gasteiger charge is 2.20. The summed E-state index contributed by atoms with van der Waals surface area (Å²) in [6.07, 6.45) is 0.337. The van der Waals surface area contributed by atoms with E-state index in [4.69, 9.17) is 14.5 Å². The van der Waals surface area contributed by atoms with Crippen LogP contribution in [0.3, 0.4) is 0 Å². The maximum Gasteiger partial charge on any atom is 0.266 e. The molecule has 2 amide bonds. The second kappa shape index (κ2) is 12.8. The van der Waals surface area contributed by atoms with Crippen LogP contribution < -0.4 is 15.4 Å². The highest BCUT2D eigenvalue weighted by Crippen LogP contribution is 2.37. The molecule has 0 saturated carbocycles. The molecule has 4 rings (SSSR count). The average molecular weight is 541 g/mol. The van der Waals surface area contributed by atoms with E-state index in [1.165, 1.54) is 11.3 Å². The Morgan fingerprint density at radius 3 is 2.59 bits per heavy atom. The molecular weight excluding hydrogens is 512 g/mol. The number of carbonyl (C=O) groups excluding carboxylic acids is 2. The van der Waals surface area contributed by atoms with Crippen molar-refractivity contribution in [2.45, 2.75) is 27.2 Å². The molecule has 39 heavy (non-hydrogen) atoms.